The van der Waals surface area contributed by atoms with Crippen molar-refractivity contribution in [2.24, 2.45) is 5.10 Å². The van der Waals surface area contributed by atoms with E-state index in [9.17, 15) is 9.59 Å². The summed E-state index contributed by atoms with van der Waals surface area (Å²) in [5.74, 6) is -0.438. The molecule has 0 saturated heterocycles. The molecule has 3 aromatic carbocycles. The Morgan fingerprint density at radius 2 is 1.83 bits per heavy atom. The monoisotopic (exact) mass is 465 g/mol. The Morgan fingerprint density at radius 3 is 2.60 bits per heavy atom. The van der Waals surface area contributed by atoms with Gasteiger partial charge in [0.15, 0.2) is 0 Å². The molecule has 2 N–H and O–H groups in total. The first kappa shape index (κ1) is 21.3. The maximum atomic E-state index is 12.3. The number of nitrogens with one attached hydrogen (secondary N) is 2. The molecule has 3 aromatic rings. The molecule has 6 nitrogen and oxygen atoms in total. The number of benzene rings is 3. The molecule has 0 bridgehead atoms. The second-order valence-electron chi connectivity index (χ2n) is 6.45. The molecule has 0 aliphatic rings. The lowest BCUT2D eigenvalue weighted by Gasteiger charge is -2.08. The van der Waals surface area contributed by atoms with Crippen LogP contribution in [0.1, 0.15) is 21.5 Å². The van der Waals surface area contributed by atoms with E-state index >= 15 is 0 Å². The summed E-state index contributed by atoms with van der Waals surface area (Å²) in [6.07, 6.45) is 1.43. The lowest BCUT2D eigenvalue weighted by Crippen LogP contribution is -2.25. The molecular formula is C23H20BrN3O3. The topological polar surface area (TPSA) is 79.8 Å². The molecule has 0 spiro atoms. The number of hydrogen-bond acceptors (Lipinski definition) is 5. The van der Waals surface area contributed by atoms with Gasteiger partial charge < -0.3 is 10.1 Å². The number of aryl methyl sites for hydroxylation is 1. The Bertz CT molecular complexity index is 1070. The molecule has 0 aromatic heterocycles. The highest BCUT2D eigenvalue weighted by atomic mass is 79.9. The van der Waals surface area contributed by atoms with Crippen molar-refractivity contribution < 1.29 is 14.3 Å². The van der Waals surface area contributed by atoms with E-state index in [0.29, 0.717) is 16.9 Å². The van der Waals surface area contributed by atoms with E-state index in [-0.39, 0.29) is 12.5 Å². The summed E-state index contributed by atoms with van der Waals surface area (Å²) >= 11 is 3.39. The lowest BCUT2D eigenvalue weighted by atomic mass is 10.2. The molecule has 152 valence electrons. The number of amides is 1. The number of anilines is 1. The molecular weight excluding hydrogens is 446 g/mol. The molecule has 1 amide bonds. The number of hydrogen-bond donors (Lipinski definition) is 2. The Hall–Kier alpha value is -3.45. The highest BCUT2D eigenvalue weighted by molar-refractivity contribution is 9.10. The van der Waals surface area contributed by atoms with Crippen LogP contribution in [0.15, 0.2) is 82.4 Å². The summed E-state index contributed by atoms with van der Waals surface area (Å²) in [5, 5.41) is 7.01. The zero-order valence-corrected chi connectivity index (χ0v) is 17.8. The fraction of sp³-hybridized carbons (Fsp3) is 0.0870. The average Bonchev–Trinajstić information content (AvgIpc) is 2.75. The van der Waals surface area contributed by atoms with Gasteiger partial charge in [-0.25, -0.2) is 10.2 Å². The van der Waals surface area contributed by atoms with Gasteiger partial charge in [0.25, 0.3) is 5.91 Å². The first-order valence-electron chi connectivity index (χ1n) is 9.20. The predicted molar refractivity (Wildman–Crippen MR) is 121 cm³/mol. The van der Waals surface area contributed by atoms with Crippen molar-refractivity contribution in [3.8, 4) is 5.75 Å². The highest BCUT2D eigenvalue weighted by Gasteiger charge is 2.11. The first-order valence-corrected chi connectivity index (χ1v) is 10.00. The maximum absolute atomic E-state index is 12.3. The van der Waals surface area contributed by atoms with Gasteiger partial charge >= 0.3 is 5.97 Å². The molecule has 0 aliphatic heterocycles. The number of halogens is 1. The second-order valence-corrected chi connectivity index (χ2v) is 7.37. The number of ether oxygens (including phenoxy) is 1. The highest BCUT2D eigenvalue weighted by Crippen LogP contribution is 2.23. The number of esters is 1. The van der Waals surface area contributed by atoms with Crippen molar-refractivity contribution in [3.05, 3.63) is 94.0 Å². The van der Waals surface area contributed by atoms with Gasteiger partial charge in [-0.3, -0.25) is 4.79 Å². The van der Waals surface area contributed by atoms with Crippen LogP contribution in [0.5, 0.6) is 5.75 Å². The number of carbonyl (C=O) groups is 2. The third-order valence-corrected chi connectivity index (χ3v) is 4.54. The smallest absolute Gasteiger partial charge is 0.343 e. The van der Waals surface area contributed by atoms with Crippen molar-refractivity contribution in [2.45, 2.75) is 6.92 Å². The van der Waals surface area contributed by atoms with Crippen LogP contribution in [-0.2, 0) is 4.79 Å². The molecule has 7 heteroatoms. The van der Waals surface area contributed by atoms with Crippen molar-refractivity contribution in [3.63, 3.8) is 0 Å². The van der Waals surface area contributed by atoms with E-state index in [0.717, 1.165) is 15.7 Å². The van der Waals surface area contributed by atoms with Gasteiger partial charge in [-0.1, -0.05) is 46.3 Å². The quantitative estimate of drug-likeness (QED) is 0.232. The molecule has 0 aliphatic carbocycles. The standard InChI is InChI=1S/C23H20BrN3O3/c1-16-6-5-9-20(12-16)25-15-22(28)27-26-14-18-13-19(24)10-11-21(18)30-23(29)17-7-3-2-4-8-17/h2-14,25H,15H2,1H3,(H,27,28)/b26-14-. The van der Waals surface area contributed by atoms with Crippen molar-refractivity contribution in [2.75, 3.05) is 11.9 Å². The third kappa shape index (κ3) is 6.28. The zero-order chi connectivity index (χ0) is 21.3. The molecule has 3 rings (SSSR count). The van der Waals surface area contributed by atoms with Crippen LogP contribution >= 0.6 is 15.9 Å². The summed E-state index contributed by atoms with van der Waals surface area (Å²) in [7, 11) is 0. The van der Waals surface area contributed by atoms with Gasteiger partial charge in [-0.2, -0.15) is 5.10 Å². The van der Waals surface area contributed by atoms with E-state index in [2.05, 4.69) is 31.8 Å². The third-order valence-electron chi connectivity index (χ3n) is 4.05. The van der Waals surface area contributed by atoms with Crippen LogP contribution in [0.3, 0.4) is 0 Å². The number of carbonyl (C=O) groups excluding carboxylic acids is 2. The number of nitrogens with zero attached hydrogens (tertiary/aromatic N) is 1. The maximum Gasteiger partial charge on any atom is 0.343 e. The zero-order valence-electron chi connectivity index (χ0n) is 16.3. The van der Waals surface area contributed by atoms with Gasteiger partial charge in [0.2, 0.25) is 0 Å². The van der Waals surface area contributed by atoms with Gasteiger partial charge in [-0.05, 0) is 55.0 Å². The van der Waals surface area contributed by atoms with E-state index in [1.165, 1.54) is 6.21 Å². The molecule has 0 radical (unpaired) electrons. The molecule has 0 heterocycles. The Balaban J connectivity index is 1.61. The minimum atomic E-state index is -0.473. The summed E-state index contributed by atoms with van der Waals surface area (Å²) in [6, 6.07) is 21.6. The largest absolute Gasteiger partial charge is 0.422 e. The van der Waals surface area contributed by atoms with Crippen molar-refractivity contribution in [1.82, 2.24) is 5.43 Å². The van der Waals surface area contributed by atoms with E-state index in [4.69, 9.17) is 4.74 Å². The Kier molecular flexibility index (Phi) is 7.34. The molecule has 0 atom stereocenters. The summed E-state index contributed by atoms with van der Waals surface area (Å²) in [6.45, 7) is 2.06. The minimum Gasteiger partial charge on any atom is -0.422 e. The summed E-state index contributed by atoms with van der Waals surface area (Å²) < 4.78 is 6.27. The Morgan fingerprint density at radius 1 is 1.03 bits per heavy atom. The first-order chi connectivity index (χ1) is 14.5. The summed E-state index contributed by atoms with van der Waals surface area (Å²) in [4.78, 5) is 24.3. The van der Waals surface area contributed by atoms with E-state index in [1.54, 1.807) is 42.5 Å². The van der Waals surface area contributed by atoms with Crippen molar-refractivity contribution >= 4 is 39.7 Å². The van der Waals surface area contributed by atoms with Crippen LogP contribution in [0.4, 0.5) is 5.69 Å². The van der Waals surface area contributed by atoms with Gasteiger partial charge in [0, 0.05) is 15.7 Å². The SMILES string of the molecule is Cc1cccc(NCC(=O)N/N=C\c2cc(Br)ccc2OC(=O)c2ccccc2)c1. The van der Waals surface area contributed by atoms with Crippen LogP contribution in [0.25, 0.3) is 0 Å². The van der Waals surface area contributed by atoms with E-state index in [1.807, 2.05) is 37.3 Å². The normalized spacial score (nSPS) is 10.6. The average molecular weight is 466 g/mol. The minimum absolute atomic E-state index is 0.0785. The molecule has 30 heavy (non-hydrogen) atoms. The number of rotatable bonds is 7. The van der Waals surface area contributed by atoms with Gasteiger partial charge in [-0.15, -0.1) is 0 Å². The predicted octanol–water partition coefficient (Wildman–Crippen LogP) is 4.54. The van der Waals surface area contributed by atoms with Crippen molar-refractivity contribution in [1.29, 1.82) is 0 Å². The Labute approximate surface area is 183 Å². The second kappa shape index (κ2) is 10.4. The van der Waals surface area contributed by atoms with Gasteiger partial charge in [0.05, 0.1) is 18.3 Å². The van der Waals surface area contributed by atoms with E-state index < -0.39 is 5.97 Å². The van der Waals surface area contributed by atoms with Crippen LogP contribution in [0, 0.1) is 6.92 Å². The lowest BCUT2D eigenvalue weighted by molar-refractivity contribution is -0.119. The van der Waals surface area contributed by atoms with Crippen LogP contribution < -0.4 is 15.5 Å². The summed E-state index contributed by atoms with van der Waals surface area (Å²) in [5.41, 5.74) is 5.41. The van der Waals surface area contributed by atoms with Crippen LogP contribution in [0.2, 0.25) is 0 Å². The number of hydrazone groups is 1. The molecule has 0 fully saturated rings. The van der Waals surface area contributed by atoms with Gasteiger partial charge in [0.1, 0.15) is 5.75 Å². The van der Waals surface area contributed by atoms with Crippen LogP contribution in [-0.4, -0.2) is 24.6 Å². The fourth-order valence-corrected chi connectivity index (χ4v) is 2.98. The fourth-order valence-electron chi connectivity index (χ4n) is 2.60. The molecule has 0 saturated carbocycles. The molecule has 0 unspecified atom stereocenters.